The van der Waals surface area contributed by atoms with Crippen LogP contribution in [0.25, 0.3) is 10.9 Å². The number of pyridine rings is 1. The zero-order valence-electron chi connectivity index (χ0n) is 15.7. The van der Waals surface area contributed by atoms with E-state index in [1.54, 1.807) is 0 Å². The molecular weight excluding hydrogens is 418 g/mol. The van der Waals surface area contributed by atoms with Crippen LogP contribution in [0.15, 0.2) is 59.2 Å². The molecule has 0 bridgehead atoms. The number of urea groups is 1. The number of nitrogens with zero attached hydrogens (tertiary/aromatic N) is 3. The Balaban J connectivity index is 1.55. The summed E-state index contributed by atoms with van der Waals surface area (Å²) in [6, 6.07) is 15.1. The van der Waals surface area contributed by atoms with E-state index < -0.39 is 0 Å². The first-order valence-electron chi connectivity index (χ1n) is 9.24. The molecular formula is C21H22BrN5O. The van der Waals surface area contributed by atoms with Crippen LogP contribution in [0.5, 0.6) is 0 Å². The third kappa shape index (κ3) is 4.26. The second-order valence-electron chi connectivity index (χ2n) is 6.94. The summed E-state index contributed by atoms with van der Waals surface area (Å²) in [6.07, 6.45) is 1.85. The first kappa shape index (κ1) is 18.7. The molecule has 2 aromatic carbocycles. The predicted molar refractivity (Wildman–Crippen MR) is 118 cm³/mol. The van der Waals surface area contributed by atoms with Crippen LogP contribution in [0.1, 0.15) is 0 Å². The average molecular weight is 440 g/mol. The van der Waals surface area contributed by atoms with Gasteiger partial charge in [-0.3, -0.25) is 4.98 Å². The Morgan fingerprint density at radius 2 is 1.75 bits per heavy atom. The Morgan fingerprint density at radius 3 is 2.50 bits per heavy atom. The minimum Gasteiger partial charge on any atom is -0.368 e. The largest absolute Gasteiger partial charge is 0.368 e. The molecule has 6 nitrogen and oxygen atoms in total. The van der Waals surface area contributed by atoms with Crippen LogP contribution in [-0.2, 0) is 0 Å². The Bertz CT molecular complexity index is 1000. The molecule has 1 aromatic heterocycles. The maximum absolute atomic E-state index is 12.4. The van der Waals surface area contributed by atoms with Crippen molar-refractivity contribution in [3.05, 3.63) is 59.2 Å². The van der Waals surface area contributed by atoms with E-state index in [0.717, 1.165) is 58.6 Å². The molecule has 1 fully saturated rings. The standard InChI is InChI=1S/C21H22BrN5O/c1-26-9-11-27(12-10-26)20-7-8-23-19-6-5-17(14-18(19)20)25-21(28)24-16-4-2-3-15(22)13-16/h2-8,13-14H,9-12H2,1H3,(H2,24,25,28). The molecule has 144 valence electrons. The summed E-state index contributed by atoms with van der Waals surface area (Å²) in [7, 11) is 2.15. The number of halogens is 1. The number of carbonyl (C=O) groups excluding carboxylic acids is 1. The molecule has 2 heterocycles. The molecule has 2 amide bonds. The van der Waals surface area contributed by atoms with Crippen LogP contribution in [-0.4, -0.2) is 49.1 Å². The van der Waals surface area contributed by atoms with Crippen molar-refractivity contribution in [1.82, 2.24) is 9.88 Å². The first-order valence-corrected chi connectivity index (χ1v) is 10.0. The number of likely N-dealkylation sites (N-methyl/N-ethyl adjacent to an activating group) is 1. The highest BCUT2D eigenvalue weighted by Crippen LogP contribution is 2.28. The molecule has 3 aromatic rings. The minimum atomic E-state index is -0.275. The minimum absolute atomic E-state index is 0.275. The maximum Gasteiger partial charge on any atom is 0.323 e. The van der Waals surface area contributed by atoms with Gasteiger partial charge in [-0.15, -0.1) is 0 Å². The summed E-state index contributed by atoms with van der Waals surface area (Å²) < 4.78 is 0.916. The van der Waals surface area contributed by atoms with Crippen LogP contribution >= 0.6 is 15.9 Å². The van der Waals surface area contributed by atoms with E-state index in [1.165, 1.54) is 0 Å². The molecule has 28 heavy (non-hydrogen) atoms. The third-order valence-electron chi connectivity index (χ3n) is 4.90. The molecule has 0 atom stereocenters. The molecule has 0 spiro atoms. The van der Waals surface area contributed by atoms with Gasteiger partial charge in [-0.1, -0.05) is 22.0 Å². The van der Waals surface area contributed by atoms with Crippen molar-refractivity contribution >= 4 is 49.9 Å². The number of nitrogens with one attached hydrogen (secondary N) is 2. The maximum atomic E-state index is 12.4. The summed E-state index contributed by atoms with van der Waals surface area (Å²) in [6.45, 7) is 4.04. The number of amides is 2. The van der Waals surface area contributed by atoms with Crippen LogP contribution in [0.3, 0.4) is 0 Å². The smallest absolute Gasteiger partial charge is 0.323 e. The van der Waals surface area contributed by atoms with Crippen molar-refractivity contribution < 1.29 is 4.79 Å². The van der Waals surface area contributed by atoms with Crippen molar-refractivity contribution in [3.63, 3.8) is 0 Å². The Hall–Kier alpha value is -2.64. The van der Waals surface area contributed by atoms with E-state index in [1.807, 2.05) is 48.7 Å². The monoisotopic (exact) mass is 439 g/mol. The molecule has 0 aliphatic carbocycles. The lowest BCUT2D eigenvalue weighted by Crippen LogP contribution is -2.44. The predicted octanol–water partition coefficient (Wildman–Crippen LogP) is 4.39. The summed E-state index contributed by atoms with van der Waals surface area (Å²) in [5, 5.41) is 6.82. The number of piperazine rings is 1. The lowest BCUT2D eigenvalue weighted by Gasteiger charge is -2.34. The quantitative estimate of drug-likeness (QED) is 0.634. The second kappa shape index (κ2) is 8.16. The molecule has 2 N–H and O–H groups in total. The highest BCUT2D eigenvalue weighted by atomic mass is 79.9. The fourth-order valence-corrected chi connectivity index (χ4v) is 3.79. The van der Waals surface area contributed by atoms with Gasteiger partial charge < -0.3 is 20.4 Å². The number of aromatic nitrogens is 1. The summed E-state index contributed by atoms with van der Waals surface area (Å²) in [4.78, 5) is 21.6. The zero-order valence-corrected chi connectivity index (χ0v) is 17.2. The number of hydrogen-bond acceptors (Lipinski definition) is 4. The van der Waals surface area contributed by atoms with Gasteiger partial charge in [-0.2, -0.15) is 0 Å². The molecule has 4 rings (SSSR count). The summed E-state index contributed by atoms with van der Waals surface area (Å²) >= 11 is 3.41. The number of rotatable bonds is 3. The normalized spacial score (nSPS) is 14.9. The van der Waals surface area contributed by atoms with E-state index in [2.05, 4.69) is 54.5 Å². The highest BCUT2D eigenvalue weighted by Gasteiger charge is 2.17. The van der Waals surface area contributed by atoms with Gasteiger partial charge in [0, 0.05) is 59.3 Å². The number of fused-ring (bicyclic) bond motifs is 1. The van der Waals surface area contributed by atoms with Gasteiger partial charge in [-0.25, -0.2) is 4.79 Å². The lowest BCUT2D eigenvalue weighted by molar-refractivity contribution is 0.262. The van der Waals surface area contributed by atoms with Gasteiger partial charge in [0.1, 0.15) is 0 Å². The summed E-state index contributed by atoms with van der Waals surface area (Å²) in [5.41, 5.74) is 3.55. The molecule has 0 saturated carbocycles. The summed E-state index contributed by atoms with van der Waals surface area (Å²) in [5.74, 6) is 0. The molecule has 1 aliphatic heterocycles. The molecule has 7 heteroatoms. The first-order chi connectivity index (χ1) is 13.6. The van der Waals surface area contributed by atoms with Crippen molar-refractivity contribution in [2.45, 2.75) is 0 Å². The number of hydrogen-bond donors (Lipinski definition) is 2. The van der Waals surface area contributed by atoms with Crippen LogP contribution in [0.2, 0.25) is 0 Å². The zero-order chi connectivity index (χ0) is 19.5. The van der Waals surface area contributed by atoms with Gasteiger partial charge in [0.05, 0.1) is 5.52 Å². The van der Waals surface area contributed by atoms with Gasteiger partial charge in [0.15, 0.2) is 0 Å². The van der Waals surface area contributed by atoms with Crippen molar-refractivity contribution in [1.29, 1.82) is 0 Å². The van der Waals surface area contributed by atoms with Gasteiger partial charge >= 0.3 is 6.03 Å². The van der Waals surface area contributed by atoms with Crippen LogP contribution in [0, 0.1) is 0 Å². The lowest BCUT2D eigenvalue weighted by atomic mass is 10.1. The number of anilines is 3. The van der Waals surface area contributed by atoms with Crippen molar-refractivity contribution in [2.24, 2.45) is 0 Å². The Labute approximate surface area is 172 Å². The Kier molecular flexibility index (Phi) is 5.45. The Morgan fingerprint density at radius 1 is 1.00 bits per heavy atom. The molecule has 0 radical (unpaired) electrons. The topological polar surface area (TPSA) is 60.5 Å². The van der Waals surface area contributed by atoms with Gasteiger partial charge in [0.25, 0.3) is 0 Å². The van der Waals surface area contributed by atoms with Gasteiger partial charge in [-0.05, 0) is 49.5 Å². The van der Waals surface area contributed by atoms with E-state index in [-0.39, 0.29) is 6.03 Å². The van der Waals surface area contributed by atoms with E-state index in [9.17, 15) is 4.79 Å². The molecule has 0 unspecified atom stereocenters. The molecule has 1 saturated heterocycles. The fraction of sp³-hybridized carbons (Fsp3) is 0.238. The fourth-order valence-electron chi connectivity index (χ4n) is 3.39. The average Bonchev–Trinajstić information content (AvgIpc) is 2.68. The SMILES string of the molecule is CN1CCN(c2ccnc3ccc(NC(=O)Nc4cccc(Br)c4)cc23)CC1. The van der Waals surface area contributed by atoms with E-state index in [0.29, 0.717) is 0 Å². The van der Waals surface area contributed by atoms with Crippen molar-refractivity contribution in [2.75, 3.05) is 48.8 Å². The van der Waals surface area contributed by atoms with E-state index in [4.69, 9.17) is 0 Å². The number of benzene rings is 2. The number of carbonyl (C=O) groups is 1. The van der Waals surface area contributed by atoms with Crippen LogP contribution in [0.4, 0.5) is 21.9 Å². The van der Waals surface area contributed by atoms with Crippen LogP contribution < -0.4 is 15.5 Å². The van der Waals surface area contributed by atoms with Crippen molar-refractivity contribution in [3.8, 4) is 0 Å². The third-order valence-corrected chi connectivity index (χ3v) is 5.40. The van der Waals surface area contributed by atoms with Gasteiger partial charge in [0.2, 0.25) is 0 Å². The molecule has 1 aliphatic rings. The van der Waals surface area contributed by atoms with E-state index >= 15 is 0 Å². The highest BCUT2D eigenvalue weighted by molar-refractivity contribution is 9.10. The second-order valence-corrected chi connectivity index (χ2v) is 7.86.